The number of furan rings is 1. The Balaban J connectivity index is 1.68. The molecule has 33 heavy (non-hydrogen) atoms. The topological polar surface area (TPSA) is 121 Å². The van der Waals surface area contributed by atoms with E-state index in [4.69, 9.17) is 21.8 Å². The first-order valence-corrected chi connectivity index (χ1v) is 11.3. The molecule has 2 atom stereocenters. The Morgan fingerprint density at radius 2 is 1.91 bits per heavy atom. The molecule has 0 amide bonds. The van der Waals surface area contributed by atoms with Gasteiger partial charge in [-0.05, 0) is 42.2 Å². The number of aryl methyl sites for hydroxylation is 1. The zero-order chi connectivity index (χ0) is 24.1. The first kappa shape index (κ1) is 23.5. The number of nitrogens with one attached hydrogen (secondary N) is 2. The molecule has 176 valence electrons. The number of nitrogens with zero attached hydrogens (tertiary/aromatic N) is 1. The van der Waals surface area contributed by atoms with E-state index in [1.165, 1.54) is 0 Å². The van der Waals surface area contributed by atoms with E-state index < -0.39 is 17.1 Å². The van der Waals surface area contributed by atoms with Gasteiger partial charge in [-0.15, -0.1) is 0 Å². The first-order chi connectivity index (χ1) is 15.5. The Morgan fingerprint density at radius 3 is 2.52 bits per heavy atom. The highest BCUT2D eigenvalue weighted by atomic mass is 35.5. The van der Waals surface area contributed by atoms with Gasteiger partial charge in [0, 0.05) is 35.9 Å². The molecule has 9 heteroatoms. The normalized spacial score (nSPS) is 17.4. The van der Waals surface area contributed by atoms with Gasteiger partial charge in [-0.25, -0.2) is 0 Å². The van der Waals surface area contributed by atoms with Crippen molar-refractivity contribution in [1.29, 1.82) is 0 Å². The van der Waals surface area contributed by atoms with Crippen LogP contribution in [0.4, 0.5) is 17.1 Å². The predicted octanol–water partition coefficient (Wildman–Crippen LogP) is 3.55. The second-order valence-electron chi connectivity index (χ2n) is 9.55. The van der Waals surface area contributed by atoms with Crippen molar-refractivity contribution in [3.63, 3.8) is 0 Å². The number of fused-ring (bicyclic) bond motifs is 1. The summed E-state index contributed by atoms with van der Waals surface area (Å²) in [5.41, 5.74) is 6.40. The number of anilines is 3. The molecule has 1 unspecified atom stereocenters. The molecule has 4 rings (SSSR count). The van der Waals surface area contributed by atoms with E-state index in [-0.39, 0.29) is 22.8 Å². The standard InChI is InChI=1S/C24H29ClN4O4/c1-12-5-8-16(33-12)22(24(2,3)4)28-19-18(20(30)21(19)31)27-15-7-6-14(25)13-11-29(10-9-26)23(32)17(13)15/h5-8,22-23,27-28,32H,9-11,26H2,1-4H3/t22-,23?/m0/s1. The van der Waals surface area contributed by atoms with Gasteiger partial charge in [0.25, 0.3) is 10.9 Å². The van der Waals surface area contributed by atoms with Gasteiger partial charge in [-0.2, -0.15) is 0 Å². The van der Waals surface area contributed by atoms with E-state index in [1.54, 1.807) is 17.0 Å². The van der Waals surface area contributed by atoms with Crippen molar-refractivity contribution in [2.24, 2.45) is 11.1 Å². The summed E-state index contributed by atoms with van der Waals surface area (Å²) in [5, 5.41) is 17.7. The summed E-state index contributed by atoms with van der Waals surface area (Å²) in [4.78, 5) is 26.8. The third-order valence-corrected chi connectivity index (χ3v) is 6.41. The van der Waals surface area contributed by atoms with Crippen LogP contribution < -0.4 is 27.2 Å². The van der Waals surface area contributed by atoms with Crippen LogP contribution in [0, 0.1) is 12.3 Å². The Bertz CT molecular complexity index is 1250. The van der Waals surface area contributed by atoms with Crippen LogP contribution in [-0.4, -0.2) is 23.1 Å². The van der Waals surface area contributed by atoms with Crippen molar-refractivity contribution in [3.8, 4) is 0 Å². The van der Waals surface area contributed by atoms with Gasteiger partial charge in [0.15, 0.2) is 0 Å². The number of aliphatic hydroxyl groups is 1. The van der Waals surface area contributed by atoms with Gasteiger partial charge < -0.3 is 25.9 Å². The highest BCUT2D eigenvalue weighted by molar-refractivity contribution is 6.31. The lowest BCUT2D eigenvalue weighted by Crippen LogP contribution is -2.39. The molecule has 8 nitrogen and oxygen atoms in total. The summed E-state index contributed by atoms with van der Waals surface area (Å²) in [5.74, 6) is 1.44. The van der Waals surface area contributed by atoms with Crippen LogP contribution in [-0.2, 0) is 6.54 Å². The van der Waals surface area contributed by atoms with E-state index in [0.717, 1.165) is 11.3 Å². The smallest absolute Gasteiger partial charge is 0.253 e. The molecule has 1 aliphatic heterocycles. The summed E-state index contributed by atoms with van der Waals surface area (Å²) in [6.45, 7) is 9.25. The van der Waals surface area contributed by atoms with Crippen molar-refractivity contribution in [1.82, 2.24) is 4.90 Å². The summed E-state index contributed by atoms with van der Waals surface area (Å²) in [6.07, 6.45) is -0.916. The largest absolute Gasteiger partial charge is 0.464 e. The van der Waals surface area contributed by atoms with E-state index in [9.17, 15) is 14.7 Å². The highest BCUT2D eigenvalue weighted by Gasteiger charge is 2.35. The Hall–Kier alpha value is -2.65. The van der Waals surface area contributed by atoms with Crippen LogP contribution in [0.3, 0.4) is 0 Å². The molecule has 0 aliphatic carbocycles. The van der Waals surface area contributed by atoms with Crippen molar-refractivity contribution >= 4 is 28.7 Å². The second kappa shape index (κ2) is 8.61. The van der Waals surface area contributed by atoms with Gasteiger partial charge in [0.05, 0.1) is 6.04 Å². The molecule has 0 spiro atoms. The molecule has 1 aromatic heterocycles. The summed E-state index contributed by atoms with van der Waals surface area (Å²) < 4.78 is 5.81. The first-order valence-electron chi connectivity index (χ1n) is 10.9. The average Bonchev–Trinajstić information content (AvgIpc) is 3.32. The van der Waals surface area contributed by atoms with Crippen molar-refractivity contribution in [3.05, 3.63) is 72.4 Å². The van der Waals surface area contributed by atoms with Gasteiger partial charge in [0.2, 0.25) is 0 Å². The molecule has 2 heterocycles. The third kappa shape index (κ3) is 4.19. The third-order valence-electron chi connectivity index (χ3n) is 6.05. The monoisotopic (exact) mass is 472 g/mol. The lowest BCUT2D eigenvalue weighted by Gasteiger charge is -2.32. The molecule has 5 N–H and O–H groups in total. The minimum Gasteiger partial charge on any atom is -0.464 e. The van der Waals surface area contributed by atoms with E-state index >= 15 is 0 Å². The second-order valence-corrected chi connectivity index (χ2v) is 9.95. The van der Waals surface area contributed by atoms with E-state index in [1.807, 2.05) is 39.8 Å². The summed E-state index contributed by atoms with van der Waals surface area (Å²) >= 11 is 6.37. The van der Waals surface area contributed by atoms with Crippen molar-refractivity contribution in [2.45, 2.75) is 46.5 Å². The Morgan fingerprint density at radius 1 is 1.21 bits per heavy atom. The average molecular weight is 473 g/mol. The van der Waals surface area contributed by atoms with Crippen LogP contribution in [0.15, 0.2) is 38.3 Å². The SMILES string of the molecule is Cc1ccc([C@H](Nc2c(Nc3ccc(Cl)c4c3C(O)N(CCN)C4)c(=O)c2=O)C(C)(C)C)o1. The lowest BCUT2D eigenvalue weighted by atomic mass is 9.85. The number of hydrogen-bond acceptors (Lipinski definition) is 8. The Kier molecular flexibility index (Phi) is 6.13. The van der Waals surface area contributed by atoms with Gasteiger partial charge in [-0.3, -0.25) is 14.5 Å². The number of nitrogens with two attached hydrogens (primary N) is 1. The molecular weight excluding hydrogens is 444 g/mol. The summed E-state index contributed by atoms with van der Waals surface area (Å²) in [6, 6.07) is 6.81. The maximum absolute atomic E-state index is 12.5. The van der Waals surface area contributed by atoms with Crippen LogP contribution in [0.5, 0.6) is 0 Å². The zero-order valence-corrected chi connectivity index (χ0v) is 19.9. The molecule has 0 bridgehead atoms. The van der Waals surface area contributed by atoms with Gasteiger partial charge in [0.1, 0.15) is 29.1 Å². The Labute approximate surface area is 197 Å². The molecule has 0 radical (unpaired) electrons. The molecule has 0 saturated carbocycles. The number of aliphatic hydroxyl groups excluding tert-OH is 1. The molecule has 2 aromatic carbocycles. The minimum absolute atomic E-state index is 0.159. The number of benzene rings is 1. The number of halogens is 1. The fourth-order valence-corrected chi connectivity index (χ4v) is 4.52. The zero-order valence-electron chi connectivity index (χ0n) is 19.2. The van der Waals surface area contributed by atoms with Gasteiger partial charge in [-0.1, -0.05) is 32.4 Å². The van der Waals surface area contributed by atoms with Crippen molar-refractivity contribution in [2.75, 3.05) is 23.7 Å². The molecule has 1 aliphatic rings. The summed E-state index contributed by atoms with van der Waals surface area (Å²) in [7, 11) is 0. The fourth-order valence-electron chi connectivity index (χ4n) is 4.29. The quantitative estimate of drug-likeness (QED) is 0.385. The molecule has 0 fully saturated rings. The lowest BCUT2D eigenvalue weighted by molar-refractivity contribution is 0.0164. The maximum atomic E-state index is 12.5. The van der Waals surface area contributed by atoms with Crippen LogP contribution in [0.2, 0.25) is 5.02 Å². The number of rotatable bonds is 7. The van der Waals surface area contributed by atoms with Crippen LogP contribution in [0.1, 0.15) is 55.7 Å². The molecule has 0 saturated heterocycles. The molecule has 3 aromatic rings. The minimum atomic E-state index is -0.916. The maximum Gasteiger partial charge on any atom is 0.253 e. The van der Waals surface area contributed by atoms with Crippen LogP contribution in [0.25, 0.3) is 0 Å². The number of hydrogen-bond donors (Lipinski definition) is 4. The van der Waals surface area contributed by atoms with Crippen LogP contribution >= 0.6 is 11.6 Å². The van der Waals surface area contributed by atoms with Crippen molar-refractivity contribution < 1.29 is 9.52 Å². The fraction of sp³-hybridized carbons (Fsp3) is 0.417. The van der Waals surface area contributed by atoms with Gasteiger partial charge >= 0.3 is 0 Å². The molecular formula is C24H29ClN4O4. The predicted molar refractivity (Wildman–Crippen MR) is 130 cm³/mol. The van der Waals surface area contributed by atoms with E-state index in [0.29, 0.717) is 41.7 Å². The highest BCUT2D eigenvalue weighted by Crippen LogP contribution is 2.42. The van der Waals surface area contributed by atoms with E-state index in [2.05, 4.69) is 10.6 Å².